The molecule has 1 N–H and O–H groups in total. The van der Waals surface area contributed by atoms with Gasteiger partial charge in [-0.05, 0) is 47.6 Å². The second-order valence-electron chi connectivity index (χ2n) is 8.48. The van der Waals surface area contributed by atoms with E-state index < -0.39 is 5.41 Å². The van der Waals surface area contributed by atoms with Gasteiger partial charge in [-0.15, -0.1) is 0 Å². The lowest BCUT2D eigenvalue weighted by Gasteiger charge is -2.41. The second kappa shape index (κ2) is 9.77. The molecule has 3 aromatic rings. The fourth-order valence-electron chi connectivity index (χ4n) is 4.66. The fraction of sp³-hybridized carbons (Fsp3) is 0.296. The zero-order valence-corrected chi connectivity index (χ0v) is 18.5. The number of hydrogen-bond acceptors (Lipinski definition) is 3. The van der Waals surface area contributed by atoms with Crippen LogP contribution in [0.5, 0.6) is 0 Å². The molecule has 0 saturated carbocycles. The minimum atomic E-state index is -0.523. The Balaban J connectivity index is 1.52. The molecule has 0 atom stereocenters. The summed E-state index contributed by atoms with van der Waals surface area (Å²) in [5, 5.41) is 2.89. The third-order valence-corrected chi connectivity index (χ3v) is 6.49. The molecule has 2 aromatic carbocycles. The summed E-state index contributed by atoms with van der Waals surface area (Å²) in [5.41, 5.74) is 3.87. The normalized spacial score (nSPS) is 15.2. The molecule has 0 radical (unpaired) electrons. The first-order valence-electron chi connectivity index (χ1n) is 11.1. The Hall–Kier alpha value is -3.47. The van der Waals surface area contributed by atoms with Gasteiger partial charge in [-0.2, -0.15) is 0 Å². The number of nitrogens with one attached hydrogen (secondary N) is 1. The Morgan fingerprint density at radius 1 is 0.969 bits per heavy atom. The van der Waals surface area contributed by atoms with Gasteiger partial charge in [0.15, 0.2) is 0 Å². The smallest absolute Gasteiger partial charge is 0.227 e. The highest BCUT2D eigenvalue weighted by molar-refractivity contribution is 5.84. The van der Waals surface area contributed by atoms with Crippen molar-refractivity contribution in [1.82, 2.24) is 15.2 Å². The summed E-state index contributed by atoms with van der Waals surface area (Å²) in [6.45, 7) is 1.17. The van der Waals surface area contributed by atoms with Gasteiger partial charge in [0.05, 0.1) is 11.8 Å². The molecule has 1 aliphatic rings. The molecule has 32 heavy (non-hydrogen) atoms. The van der Waals surface area contributed by atoms with Crippen LogP contribution < -0.4 is 5.32 Å². The first kappa shape index (κ1) is 21.8. The number of likely N-dealkylation sites (tertiary alicyclic amines) is 1. The number of carbonyl (C=O) groups excluding carboxylic acids is 2. The van der Waals surface area contributed by atoms with Crippen molar-refractivity contribution in [2.45, 2.75) is 25.7 Å². The molecule has 1 fully saturated rings. The van der Waals surface area contributed by atoms with E-state index in [0.29, 0.717) is 38.8 Å². The van der Waals surface area contributed by atoms with Gasteiger partial charge in [0.25, 0.3) is 0 Å². The lowest BCUT2D eigenvalue weighted by atomic mass is 9.72. The van der Waals surface area contributed by atoms with E-state index >= 15 is 0 Å². The Morgan fingerprint density at radius 3 is 2.38 bits per heavy atom. The molecule has 1 aromatic heterocycles. The van der Waals surface area contributed by atoms with Crippen molar-refractivity contribution in [3.8, 4) is 11.1 Å². The lowest BCUT2D eigenvalue weighted by molar-refractivity contribution is -0.140. The maximum absolute atomic E-state index is 13.1. The van der Waals surface area contributed by atoms with E-state index in [0.717, 1.165) is 22.3 Å². The molecule has 0 bridgehead atoms. The molecule has 1 saturated heterocycles. The van der Waals surface area contributed by atoms with Gasteiger partial charge < -0.3 is 10.2 Å². The Kier molecular flexibility index (Phi) is 6.64. The topological polar surface area (TPSA) is 62.3 Å². The molecular weight excluding hydrogens is 398 g/mol. The highest BCUT2D eigenvalue weighted by Gasteiger charge is 2.42. The summed E-state index contributed by atoms with van der Waals surface area (Å²) >= 11 is 0. The predicted octanol–water partition coefficient (Wildman–Crippen LogP) is 3.89. The molecule has 0 spiro atoms. The van der Waals surface area contributed by atoms with E-state index in [2.05, 4.69) is 34.6 Å². The van der Waals surface area contributed by atoms with Crippen molar-refractivity contribution < 1.29 is 9.59 Å². The number of benzene rings is 2. The van der Waals surface area contributed by atoms with Crippen LogP contribution in [0.4, 0.5) is 0 Å². The number of hydrogen-bond donors (Lipinski definition) is 1. The molecule has 5 nitrogen and oxygen atoms in total. The average Bonchev–Trinajstić information content (AvgIpc) is 2.85. The van der Waals surface area contributed by atoms with Crippen molar-refractivity contribution in [3.63, 3.8) is 0 Å². The molecule has 2 amide bonds. The number of nitrogens with zero attached hydrogens (tertiary/aromatic N) is 2. The zero-order chi connectivity index (χ0) is 22.4. The van der Waals surface area contributed by atoms with Crippen LogP contribution in [0, 0.1) is 5.41 Å². The van der Waals surface area contributed by atoms with Crippen LogP contribution in [0.3, 0.4) is 0 Å². The van der Waals surface area contributed by atoms with Crippen molar-refractivity contribution in [2.75, 3.05) is 20.1 Å². The van der Waals surface area contributed by atoms with Crippen LogP contribution in [-0.4, -0.2) is 41.8 Å². The number of aromatic nitrogens is 1. The quantitative estimate of drug-likeness (QED) is 0.649. The van der Waals surface area contributed by atoms with E-state index in [1.165, 1.54) is 0 Å². The maximum Gasteiger partial charge on any atom is 0.227 e. The van der Waals surface area contributed by atoms with Gasteiger partial charge in [-0.3, -0.25) is 14.6 Å². The van der Waals surface area contributed by atoms with Crippen molar-refractivity contribution >= 4 is 11.8 Å². The molecule has 0 unspecified atom stereocenters. The van der Waals surface area contributed by atoms with E-state index in [1.807, 2.05) is 47.4 Å². The second-order valence-corrected chi connectivity index (χ2v) is 8.48. The van der Waals surface area contributed by atoms with Gasteiger partial charge in [0, 0.05) is 32.5 Å². The minimum Gasteiger partial charge on any atom is -0.359 e. The predicted molar refractivity (Wildman–Crippen MR) is 126 cm³/mol. The molecule has 5 heteroatoms. The highest BCUT2D eigenvalue weighted by Crippen LogP contribution is 2.38. The number of piperidine rings is 1. The van der Waals surface area contributed by atoms with Crippen LogP contribution in [0.2, 0.25) is 0 Å². The summed E-state index contributed by atoms with van der Waals surface area (Å²) < 4.78 is 0. The van der Waals surface area contributed by atoms with Gasteiger partial charge in [-0.25, -0.2) is 0 Å². The Morgan fingerprint density at radius 2 is 1.69 bits per heavy atom. The monoisotopic (exact) mass is 427 g/mol. The van der Waals surface area contributed by atoms with Gasteiger partial charge in [0.1, 0.15) is 0 Å². The van der Waals surface area contributed by atoms with Gasteiger partial charge in [-0.1, -0.05) is 60.7 Å². The van der Waals surface area contributed by atoms with E-state index in [-0.39, 0.29) is 11.8 Å². The number of pyridine rings is 1. The van der Waals surface area contributed by atoms with Crippen LogP contribution in [-0.2, 0) is 22.4 Å². The molecule has 164 valence electrons. The molecule has 0 aliphatic carbocycles. The van der Waals surface area contributed by atoms with E-state index in [4.69, 9.17) is 0 Å². The first-order valence-corrected chi connectivity index (χ1v) is 11.1. The summed E-state index contributed by atoms with van der Waals surface area (Å²) in [6, 6.07) is 22.4. The van der Waals surface area contributed by atoms with Crippen LogP contribution >= 0.6 is 0 Å². The van der Waals surface area contributed by atoms with Crippen molar-refractivity contribution in [3.05, 3.63) is 90.3 Å². The summed E-state index contributed by atoms with van der Waals surface area (Å²) in [4.78, 5) is 31.9. The molecule has 4 rings (SSSR count). The van der Waals surface area contributed by atoms with Crippen molar-refractivity contribution in [1.29, 1.82) is 0 Å². The number of carbonyl (C=O) groups is 2. The van der Waals surface area contributed by atoms with Crippen LogP contribution in [0.1, 0.15) is 24.0 Å². The van der Waals surface area contributed by atoms with Gasteiger partial charge >= 0.3 is 0 Å². The standard InChI is InChI=1S/C27H29N3O2/c1-28-26(32)27(19-23-11-5-6-12-24(23)22-9-3-2-4-10-22)13-16-30(17-14-27)25(31)18-21-8-7-15-29-20-21/h2-12,15,20H,13-14,16-19H2,1H3,(H,28,32). The Bertz CT molecular complexity index is 1060. The summed E-state index contributed by atoms with van der Waals surface area (Å²) in [6.07, 6.45) is 5.74. The van der Waals surface area contributed by atoms with Crippen LogP contribution in [0.15, 0.2) is 79.1 Å². The van der Waals surface area contributed by atoms with Crippen molar-refractivity contribution in [2.24, 2.45) is 5.41 Å². The maximum atomic E-state index is 13.1. The lowest BCUT2D eigenvalue weighted by Crippen LogP contribution is -2.51. The average molecular weight is 428 g/mol. The largest absolute Gasteiger partial charge is 0.359 e. The third-order valence-electron chi connectivity index (χ3n) is 6.49. The fourth-order valence-corrected chi connectivity index (χ4v) is 4.66. The zero-order valence-electron chi connectivity index (χ0n) is 18.5. The van der Waals surface area contributed by atoms with E-state index in [1.54, 1.807) is 19.4 Å². The number of amides is 2. The van der Waals surface area contributed by atoms with Gasteiger partial charge in [0.2, 0.25) is 11.8 Å². The van der Waals surface area contributed by atoms with E-state index in [9.17, 15) is 9.59 Å². The summed E-state index contributed by atoms with van der Waals surface area (Å²) in [7, 11) is 1.70. The third kappa shape index (κ3) is 4.72. The van der Waals surface area contributed by atoms with Crippen LogP contribution in [0.25, 0.3) is 11.1 Å². The SMILES string of the molecule is CNC(=O)C1(Cc2ccccc2-c2ccccc2)CCN(C(=O)Cc2cccnc2)CC1. The Labute approximate surface area is 189 Å². The molecular formula is C27H29N3O2. The molecule has 1 aliphatic heterocycles. The minimum absolute atomic E-state index is 0.0553. The number of rotatable bonds is 6. The summed E-state index contributed by atoms with van der Waals surface area (Å²) in [5.74, 6) is 0.146. The highest BCUT2D eigenvalue weighted by atomic mass is 16.2. The first-order chi connectivity index (χ1) is 15.6. The molecule has 2 heterocycles.